The Kier molecular flexibility index (Phi) is 5.39. The van der Waals surface area contributed by atoms with Gasteiger partial charge in [0, 0.05) is 25.9 Å². The van der Waals surface area contributed by atoms with Crippen LogP contribution in [0.3, 0.4) is 0 Å². The molecule has 2 nitrogen and oxygen atoms in total. The molecule has 0 radical (unpaired) electrons. The first-order valence-corrected chi connectivity index (χ1v) is 6.11. The number of aliphatic hydroxyl groups is 1. The van der Waals surface area contributed by atoms with Crippen molar-refractivity contribution in [1.82, 2.24) is 0 Å². The van der Waals surface area contributed by atoms with Gasteiger partial charge in [0.15, 0.2) is 0 Å². The lowest BCUT2D eigenvalue weighted by atomic mass is 10.1. The van der Waals surface area contributed by atoms with Crippen molar-refractivity contribution in [1.29, 1.82) is 0 Å². The van der Waals surface area contributed by atoms with Gasteiger partial charge in [-0.2, -0.15) is 0 Å². The Hall–Kier alpha value is -0.440. The Morgan fingerprint density at radius 1 is 1.31 bits per heavy atom. The summed E-state index contributed by atoms with van der Waals surface area (Å²) in [6.45, 7) is 3.09. The third-order valence-corrected chi connectivity index (χ3v) is 3.45. The predicted octanol–water partition coefficient (Wildman–Crippen LogP) is 3.45. The number of anilines is 1. The van der Waals surface area contributed by atoms with Crippen molar-refractivity contribution in [3.05, 3.63) is 28.2 Å². The molecule has 1 aromatic carbocycles. The molecule has 4 heteroatoms. The van der Waals surface area contributed by atoms with Crippen LogP contribution in [-0.4, -0.2) is 25.3 Å². The van der Waals surface area contributed by atoms with Crippen molar-refractivity contribution in [2.75, 3.05) is 25.1 Å². The molecule has 16 heavy (non-hydrogen) atoms. The second kappa shape index (κ2) is 6.33. The monoisotopic (exact) mass is 261 g/mol. The van der Waals surface area contributed by atoms with Gasteiger partial charge in [0.2, 0.25) is 0 Å². The van der Waals surface area contributed by atoms with Crippen LogP contribution in [-0.2, 0) is 0 Å². The average molecular weight is 262 g/mol. The van der Waals surface area contributed by atoms with Gasteiger partial charge < -0.3 is 10.0 Å². The van der Waals surface area contributed by atoms with Gasteiger partial charge in [-0.25, -0.2) is 0 Å². The van der Waals surface area contributed by atoms with Gasteiger partial charge in [0.25, 0.3) is 0 Å². The minimum absolute atomic E-state index is 0.210. The second-order valence-electron chi connectivity index (χ2n) is 3.94. The molecule has 0 aromatic heterocycles. The van der Waals surface area contributed by atoms with Crippen LogP contribution < -0.4 is 4.90 Å². The number of halogens is 2. The second-order valence-corrected chi connectivity index (χ2v) is 4.75. The van der Waals surface area contributed by atoms with Gasteiger partial charge in [0.05, 0.1) is 10.0 Å². The molecule has 90 valence electrons. The molecule has 1 N–H and O–H groups in total. The van der Waals surface area contributed by atoms with Crippen LogP contribution in [0.15, 0.2) is 18.2 Å². The van der Waals surface area contributed by atoms with E-state index in [1.54, 1.807) is 6.07 Å². The summed E-state index contributed by atoms with van der Waals surface area (Å²) in [5.74, 6) is 0.291. The fourth-order valence-corrected chi connectivity index (χ4v) is 1.82. The first-order chi connectivity index (χ1) is 7.58. The molecule has 0 saturated carbocycles. The summed E-state index contributed by atoms with van der Waals surface area (Å²) in [7, 11) is 1.98. The Labute approximate surface area is 107 Å². The molecule has 0 bridgehead atoms. The number of nitrogens with zero attached hydrogens (tertiary/aromatic N) is 1. The number of rotatable bonds is 5. The van der Waals surface area contributed by atoms with Gasteiger partial charge in [-0.1, -0.05) is 30.1 Å². The zero-order chi connectivity index (χ0) is 12.1. The highest BCUT2D eigenvalue weighted by Gasteiger charge is 2.10. The van der Waals surface area contributed by atoms with Crippen molar-refractivity contribution >= 4 is 28.9 Å². The van der Waals surface area contributed by atoms with Gasteiger partial charge in [-0.3, -0.25) is 0 Å². The lowest BCUT2D eigenvalue weighted by molar-refractivity contribution is 0.225. The van der Waals surface area contributed by atoms with E-state index in [4.69, 9.17) is 28.3 Å². The van der Waals surface area contributed by atoms with Gasteiger partial charge in [-0.05, 0) is 30.5 Å². The van der Waals surface area contributed by atoms with Crippen molar-refractivity contribution in [2.45, 2.75) is 13.3 Å². The van der Waals surface area contributed by atoms with Gasteiger partial charge in [-0.15, -0.1) is 0 Å². The largest absolute Gasteiger partial charge is 0.396 e. The van der Waals surface area contributed by atoms with Crippen LogP contribution in [0.2, 0.25) is 10.0 Å². The maximum Gasteiger partial charge on any atom is 0.0612 e. The molecule has 0 aliphatic rings. The van der Waals surface area contributed by atoms with Gasteiger partial charge >= 0.3 is 0 Å². The standard InChI is InChI=1S/C12H17Cl2NO/c1-3-9(8-16)7-15(2)10-4-5-11(13)12(14)6-10/h4-6,9,16H,3,7-8H2,1-2H3. The summed E-state index contributed by atoms with van der Waals surface area (Å²) in [6, 6.07) is 5.56. The van der Waals surface area contributed by atoms with Crippen molar-refractivity contribution in [2.24, 2.45) is 5.92 Å². The first-order valence-electron chi connectivity index (χ1n) is 5.35. The number of hydrogen-bond acceptors (Lipinski definition) is 2. The molecule has 0 heterocycles. The quantitative estimate of drug-likeness (QED) is 0.878. The highest BCUT2D eigenvalue weighted by Crippen LogP contribution is 2.27. The fraction of sp³-hybridized carbons (Fsp3) is 0.500. The molecule has 0 saturated heterocycles. The zero-order valence-electron chi connectivity index (χ0n) is 9.58. The number of benzene rings is 1. The maximum atomic E-state index is 9.15. The molecule has 0 aliphatic carbocycles. The fourth-order valence-electron chi connectivity index (χ4n) is 1.53. The highest BCUT2D eigenvalue weighted by atomic mass is 35.5. The predicted molar refractivity (Wildman–Crippen MR) is 70.6 cm³/mol. The molecule has 0 amide bonds. The molecular weight excluding hydrogens is 245 g/mol. The summed E-state index contributed by atoms with van der Waals surface area (Å²) < 4.78 is 0. The number of aliphatic hydroxyl groups excluding tert-OH is 1. The van der Waals surface area contributed by atoms with Gasteiger partial charge in [0.1, 0.15) is 0 Å². The maximum absolute atomic E-state index is 9.15. The highest BCUT2D eigenvalue weighted by molar-refractivity contribution is 6.42. The molecule has 0 aliphatic heterocycles. The van der Waals surface area contributed by atoms with E-state index in [0.29, 0.717) is 16.0 Å². The van der Waals surface area contributed by atoms with E-state index in [1.807, 2.05) is 19.2 Å². The van der Waals surface area contributed by atoms with E-state index in [9.17, 15) is 0 Å². The van der Waals surface area contributed by atoms with Crippen LogP contribution in [0, 0.1) is 5.92 Å². The lowest BCUT2D eigenvalue weighted by Gasteiger charge is -2.24. The topological polar surface area (TPSA) is 23.5 Å². The minimum atomic E-state index is 0.210. The Morgan fingerprint density at radius 3 is 2.50 bits per heavy atom. The molecule has 1 unspecified atom stereocenters. The third-order valence-electron chi connectivity index (χ3n) is 2.71. The lowest BCUT2D eigenvalue weighted by Crippen LogP contribution is -2.27. The van der Waals surface area contributed by atoms with Crippen LogP contribution >= 0.6 is 23.2 Å². The summed E-state index contributed by atoms with van der Waals surface area (Å²) in [4.78, 5) is 2.08. The van der Waals surface area contributed by atoms with E-state index in [0.717, 1.165) is 18.7 Å². The molecule has 1 atom stereocenters. The minimum Gasteiger partial charge on any atom is -0.396 e. The normalized spacial score (nSPS) is 12.6. The summed E-state index contributed by atoms with van der Waals surface area (Å²) >= 11 is 11.8. The van der Waals surface area contributed by atoms with E-state index >= 15 is 0 Å². The van der Waals surface area contributed by atoms with Crippen molar-refractivity contribution in [3.63, 3.8) is 0 Å². The van der Waals surface area contributed by atoms with Crippen LogP contribution in [0.25, 0.3) is 0 Å². The molecule has 1 aromatic rings. The number of hydrogen-bond donors (Lipinski definition) is 1. The van der Waals surface area contributed by atoms with Crippen molar-refractivity contribution in [3.8, 4) is 0 Å². The van der Waals surface area contributed by atoms with E-state index in [-0.39, 0.29) is 6.61 Å². The first kappa shape index (κ1) is 13.6. The van der Waals surface area contributed by atoms with E-state index in [1.165, 1.54) is 0 Å². The van der Waals surface area contributed by atoms with Crippen molar-refractivity contribution < 1.29 is 5.11 Å². The average Bonchev–Trinajstić information content (AvgIpc) is 2.29. The van der Waals surface area contributed by atoms with Crippen LogP contribution in [0.4, 0.5) is 5.69 Å². The Morgan fingerprint density at radius 2 is 2.00 bits per heavy atom. The molecule has 1 rings (SSSR count). The summed E-state index contributed by atoms with van der Waals surface area (Å²) in [5.41, 5.74) is 1.02. The van der Waals surface area contributed by atoms with E-state index < -0.39 is 0 Å². The molecule has 0 spiro atoms. The summed E-state index contributed by atoms with van der Waals surface area (Å²) in [5, 5.41) is 10.3. The van der Waals surface area contributed by atoms with E-state index in [2.05, 4.69) is 11.8 Å². The Balaban J connectivity index is 2.72. The molecule has 0 fully saturated rings. The SMILES string of the molecule is CCC(CO)CN(C)c1ccc(Cl)c(Cl)c1. The molecular formula is C12H17Cl2NO. The third kappa shape index (κ3) is 3.55. The summed E-state index contributed by atoms with van der Waals surface area (Å²) in [6.07, 6.45) is 0.960. The van der Waals surface area contributed by atoms with Crippen LogP contribution in [0.1, 0.15) is 13.3 Å². The smallest absolute Gasteiger partial charge is 0.0612 e. The Bertz CT molecular complexity index is 340. The van der Waals surface area contributed by atoms with Crippen LogP contribution in [0.5, 0.6) is 0 Å². The zero-order valence-corrected chi connectivity index (χ0v) is 11.1.